The Balaban J connectivity index is 2.37. The van der Waals surface area contributed by atoms with Crippen LogP contribution in [0.2, 0.25) is 10.0 Å². The molecule has 0 aromatic heterocycles. The summed E-state index contributed by atoms with van der Waals surface area (Å²) in [5, 5.41) is 12.1. The quantitative estimate of drug-likeness (QED) is 0.552. The highest BCUT2D eigenvalue weighted by atomic mass is 35.5. The number of hydrogen-bond acceptors (Lipinski definition) is 3. The summed E-state index contributed by atoms with van der Waals surface area (Å²) >= 11 is 13.3. The molecule has 0 aliphatic heterocycles. The number of aliphatic carboxylic acids is 1. The predicted octanol–water partition coefficient (Wildman–Crippen LogP) is 3.85. The molecule has 0 saturated heterocycles. The van der Waals surface area contributed by atoms with E-state index in [9.17, 15) is 9.59 Å². The number of carboxylic acids is 1. The molecule has 1 aromatic rings. The molecule has 0 spiro atoms. The molecular weight excluding hydrogens is 333 g/mol. The minimum absolute atomic E-state index is 0.105. The molecule has 21 heavy (non-hydrogen) atoms. The summed E-state index contributed by atoms with van der Waals surface area (Å²) in [6.07, 6.45) is 1.32. The summed E-state index contributed by atoms with van der Waals surface area (Å²) < 4.78 is 0. The Labute approximate surface area is 138 Å². The Hall–Kier alpha value is -0.910. The van der Waals surface area contributed by atoms with E-state index in [-0.39, 0.29) is 17.6 Å². The Morgan fingerprint density at radius 3 is 2.71 bits per heavy atom. The number of unbranched alkanes of at least 4 members (excludes halogenated alkanes) is 1. The van der Waals surface area contributed by atoms with Gasteiger partial charge in [-0.05, 0) is 38.0 Å². The molecule has 116 valence electrons. The number of rotatable bonds is 8. The number of amides is 1. The van der Waals surface area contributed by atoms with Gasteiger partial charge in [-0.25, -0.2) is 0 Å². The number of carbonyl (C=O) groups is 2. The summed E-state index contributed by atoms with van der Waals surface area (Å²) in [6, 6.07) is 5.12. The molecular formula is C14H17Cl2NO3S. The van der Waals surface area contributed by atoms with Gasteiger partial charge in [-0.2, -0.15) is 0 Å². The van der Waals surface area contributed by atoms with Gasteiger partial charge in [0.15, 0.2) is 0 Å². The second-order valence-corrected chi connectivity index (χ2v) is 6.70. The molecule has 1 atom stereocenters. The summed E-state index contributed by atoms with van der Waals surface area (Å²) in [5.41, 5.74) is 0. The maximum absolute atomic E-state index is 11.9. The molecule has 1 amide bonds. The van der Waals surface area contributed by atoms with Crippen LogP contribution in [0.25, 0.3) is 0 Å². The van der Waals surface area contributed by atoms with Crippen LogP contribution in [0.15, 0.2) is 23.1 Å². The predicted molar refractivity (Wildman–Crippen MR) is 86.3 cm³/mol. The summed E-state index contributed by atoms with van der Waals surface area (Å²) in [4.78, 5) is 23.0. The zero-order chi connectivity index (χ0) is 15.8. The first-order valence-electron chi connectivity index (χ1n) is 6.51. The van der Waals surface area contributed by atoms with Crippen LogP contribution in [0, 0.1) is 0 Å². The lowest BCUT2D eigenvalue weighted by Crippen LogP contribution is -2.31. The molecule has 0 aliphatic rings. The van der Waals surface area contributed by atoms with Gasteiger partial charge in [0.05, 0.1) is 10.3 Å². The van der Waals surface area contributed by atoms with E-state index in [0.717, 1.165) is 4.90 Å². The number of benzene rings is 1. The molecule has 0 saturated carbocycles. The van der Waals surface area contributed by atoms with E-state index < -0.39 is 5.97 Å². The normalized spacial score (nSPS) is 12.0. The average molecular weight is 350 g/mol. The van der Waals surface area contributed by atoms with Crippen LogP contribution in [0.4, 0.5) is 0 Å². The fraction of sp³-hybridized carbons (Fsp3) is 0.429. The lowest BCUT2D eigenvalue weighted by Gasteiger charge is -2.13. The van der Waals surface area contributed by atoms with E-state index in [0.29, 0.717) is 29.4 Å². The molecule has 7 heteroatoms. The maximum atomic E-state index is 11.9. The monoisotopic (exact) mass is 349 g/mol. The topological polar surface area (TPSA) is 66.4 Å². The SMILES string of the molecule is C[C@@H](Sc1cc(Cl)ccc1Cl)C(=O)NCCCCC(=O)O. The number of carboxylic acid groups (broad SMARTS) is 1. The number of hydrogen-bond donors (Lipinski definition) is 2. The number of halogens is 2. The maximum Gasteiger partial charge on any atom is 0.303 e. The fourth-order valence-electron chi connectivity index (χ4n) is 1.57. The van der Waals surface area contributed by atoms with Gasteiger partial charge in [0.1, 0.15) is 0 Å². The summed E-state index contributed by atoms with van der Waals surface area (Å²) in [6.45, 7) is 2.26. The van der Waals surface area contributed by atoms with Gasteiger partial charge >= 0.3 is 5.97 Å². The first kappa shape index (κ1) is 18.1. The molecule has 0 aliphatic carbocycles. The minimum Gasteiger partial charge on any atom is -0.481 e. The number of carbonyl (C=O) groups excluding carboxylic acids is 1. The van der Waals surface area contributed by atoms with Crippen molar-refractivity contribution in [3.8, 4) is 0 Å². The third-order valence-corrected chi connectivity index (χ3v) is 4.52. The van der Waals surface area contributed by atoms with Crippen LogP contribution in [0.3, 0.4) is 0 Å². The van der Waals surface area contributed by atoms with Crippen molar-refractivity contribution >= 4 is 46.8 Å². The zero-order valence-corrected chi connectivity index (χ0v) is 13.9. The molecule has 0 fully saturated rings. The van der Waals surface area contributed by atoms with Gasteiger partial charge in [-0.3, -0.25) is 9.59 Å². The van der Waals surface area contributed by atoms with E-state index in [1.54, 1.807) is 25.1 Å². The van der Waals surface area contributed by atoms with E-state index in [2.05, 4.69) is 5.32 Å². The Morgan fingerprint density at radius 2 is 2.05 bits per heavy atom. The molecule has 1 rings (SSSR count). The van der Waals surface area contributed by atoms with Gasteiger partial charge < -0.3 is 10.4 Å². The van der Waals surface area contributed by atoms with Gasteiger partial charge in [0.25, 0.3) is 0 Å². The van der Waals surface area contributed by atoms with E-state index in [4.69, 9.17) is 28.3 Å². The third-order valence-electron chi connectivity index (χ3n) is 2.68. The van der Waals surface area contributed by atoms with E-state index in [1.807, 2.05) is 0 Å². The van der Waals surface area contributed by atoms with Crippen LogP contribution in [0.5, 0.6) is 0 Å². The zero-order valence-electron chi connectivity index (χ0n) is 11.6. The van der Waals surface area contributed by atoms with Gasteiger partial charge in [0, 0.05) is 22.9 Å². The molecule has 4 nitrogen and oxygen atoms in total. The van der Waals surface area contributed by atoms with Crippen LogP contribution in [-0.4, -0.2) is 28.8 Å². The van der Waals surface area contributed by atoms with Crippen LogP contribution in [-0.2, 0) is 9.59 Å². The van der Waals surface area contributed by atoms with Crippen molar-refractivity contribution < 1.29 is 14.7 Å². The van der Waals surface area contributed by atoms with Crippen molar-refractivity contribution in [2.45, 2.75) is 36.3 Å². The first-order chi connectivity index (χ1) is 9.90. The standard InChI is InChI=1S/C14H17Cl2NO3S/c1-9(14(20)17-7-3-2-4-13(18)19)21-12-8-10(15)5-6-11(12)16/h5-6,8-9H,2-4,7H2,1H3,(H,17,20)(H,18,19)/t9-/m1/s1. The lowest BCUT2D eigenvalue weighted by atomic mass is 10.2. The number of nitrogens with one attached hydrogen (secondary N) is 1. The van der Waals surface area contributed by atoms with Crippen LogP contribution >= 0.6 is 35.0 Å². The van der Waals surface area contributed by atoms with Crippen LogP contribution < -0.4 is 5.32 Å². The van der Waals surface area contributed by atoms with Crippen molar-refractivity contribution in [2.24, 2.45) is 0 Å². The molecule has 0 heterocycles. The third kappa shape index (κ3) is 7.07. The molecule has 0 unspecified atom stereocenters. The van der Waals surface area contributed by atoms with Crippen molar-refractivity contribution in [1.29, 1.82) is 0 Å². The highest BCUT2D eigenvalue weighted by molar-refractivity contribution is 8.00. The fourth-order valence-corrected chi connectivity index (χ4v) is 3.00. The molecule has 1 aromatic carbocycles. The summed E-state index contributed by atoms with van der Waals surface area (Å²) in [7, 11) is 0. The van der Waals surface area contributed by atoms with Crippen LogP contribution in [0.1, 0.15) is 26.2 Å². The first-order valence-corrected chi connectivity index (χ1v) is 8.15. The molecule has 2 N–H and O–H groups in total. The second-order valence-electron chi connectivity index (χ2n) is 4.48. The largest absolute Gasteiger partial charge is 0.481 e. The van der Waals surface area contributed by atoms with Gasteiger partial charge in [-0.15, -0.1) is 11.8 Å². The van der Waals surface area contributed by atoms with Crippen molar-refractivity contribution in [3.63, 3.8) is 0 Å². The highest BCUT2D eigenvalue weighted by Crippen LogP contribution is 2.32. The minimum atomic E-state index is -0.819. The average Bonchev–Trinajstić information content (AvgIpc) is 2.41. The Bertz CT molecular complexity index is 511. The van der Waals surface area contributed by atoms with Crippen molar-refractivity contribution in [1.82, 2.24) is 5.32 Å². The highest BCUT2D eigenvalue weighted by Gasteiger charge is 2.15. The van der Waals surface area contributed by atoms with Gasteiger partial charge in [0.2, 0.25) is 5.91 Å². The van der Waals surface area contributed by atoms with Crippen molar-refractivity contribution in [3.05, 3.63) is 28.2 Å². The summed E-state index contributed by atoms with van der Waals surface area (Å²) in [5.74, 6) is -0.924. The second kappa shape index (κ2) is 9.18. The van der Waals surface area contributed by atoms with Gasteiger partial charge in [-0.1, -0.05) is 23.2 Å². The lowest BCUT2D eigenvalue weighted by molar-refractivity contribution is -0.137. The van der Waals surface area contributed by atoms with E-state index >= 15 is 0 Å². The molecule has 0 bridgehead atoms. The number of thioether (sulfide) groups is 1. The smallest absolute Gasteiger partial charge is 0.303 e. The van der Waals surface area contributed by atoms with E-state index in [1.165, 1.54) is 11.8 Å². The van der Waals surface area contributed by atoms with Crippen molar-refractivity contribution in [2.75, 3.05) is 6.54 Å². The Morgan fingerprint density at radius 1 is 1.33 bits per heavy atom. The molecule has 0 radical (unpaired) electrons. The Kier molecular flexibility index (Phi) is 7.93.